The molecule has 0 saturated heterocycles. The van der Waals surface area contributed by atoms with E-state index < -0.39 is 0 Å². The molecular weight excluding hydrogens is 262 g/mol. The van der Waals surface area contributed by atoms with Gasteiger partial charge >= 0.3 is 0 Å². The van der Waals surface area contributed by atoms with Gasteiger partial charge in [-0.15, -0.1) is 0 Å². The van der Waals surface area contributed by atoms with Crippen LogP contribution in [0.15, 0.2) is 48.8 Å². The largest absolute Gasteiger partial charge is 0.296 e. The van der Waals surface area contributed by atoms with E-state index in [-0.39, 0.29) is 0 Å². The number of hydrogen-bond donors (Lipinski definition) is 1. The maximum atomic E-state index is 4.38. The average molecular weight is 281 g/mol. The highest BCUT2D eigenvalue weighted by Crippen LogP contribution is 2.17. The number of H-pyrrole nitrogens is 1. The zero-order valence-electron chi connectivity index (χ0n) is 12.3. The molecule has 3 aromatic rings. The number of benzene rings is 1. The predicted octanol–water partition coefficient (Wildman–Crippen LogP) is 2.44. The molecule has 5 heteroatoms. The molecule has 5 nitrogen and oxygen atoms in total. The summed E-state index contributed by atoms with van der Waals surface area (Å²) < 4.78 is 1.83. The van der Waals surface area contributed by atoms with Gasteiger partial charge in [-0.05, 0) is 13.1 Å². The number of aryl methyl sites for hydroxylation is 1. The van der Waals surface area contributed by atoms with E-state index in [0.29, 0.717) is 0 Å². The van der Waals surface area contributed by atoms with E-state index in [2.05, 4.69) is 45.4 Å². The molecule has 108 valence electrons. The number of aromatic nitrogens is 4. The molecule has 0 fully saturated rings. The summed E-state index contributed by atoms with van der Waals surface area (Å²) in [5.41, 5.74) is 4.44. The van der Waals surface area contributed by atoms with Crippen molar-refractivity contribution >= 4 is 0 Å². The van der Waals surface area contributed by atoms with Crippen molar-refractivity contribution in [2.75, 3.05) is 7.05 Å². The van der Waals surface area contributed by atoms with E-state index in [1.165, 1.54) is 5.56 Å². The predicted molar refractivity (Wildman–Crippen MR) is 82.4 cm³/mol. The Labute approximate surface area is 124 Å². The third-order valence-electron chi connectivity index (χ3n) is 3.35. The summed E-state index contributed by atoms with van der Waals surface area (Å²) in [6.45, 7) is 1.70. The Kier molecular flexibility index (Phi) is 3.83. The molecular formula is C16H19N5. The highest BCUT2D eigenvalue weighted by molar-refractivity contribution is 5.58. The van der Waals surface area contributed by atoms with Crippen LogP contribution in [-0.2, 0) is 20.1 Å². The van der Waals surface area contributed by atoms with Crippen molar-refractivity contribution in [3.05, 3.63) is 60.0 Å². The first kappa shape index (κ1) is 13.6. The molecule has 1 N–H and O–H groups in total. The molecule has 0 unspecified atom stereocenters. The van der Waals surface area contributed by atoms with E-state index >= 15 is 0 Å². The second kappa shape index (κ2) is 5.93. The van der Waals surface area contributed by atoms with Gasteiger partial charge in [0.15, 0.2) is 0 Å². The van der Waals surface area contributed by atoms with Crippen LogP contribution in [0.3, 0.4) is 0 Å². The lowest BCUT2D eigenvalue weighted by Crippen LogP contribution is -2.17. The Morgan fingerprint density at radius 1 is 1.19 bits per heavy atom. The summed E-state index contributed by atoms with van der Waals surface area (Å²) in [7, 11) is 4.03. The van der Waals surface area contributed by atoms with E-state index in [4.69, 9.17) is 0 Å². The van der Waals surface area contributed by atoms with Crippen LogP contribution < -0.4 is 0 Å². The van der Waals surface area contributed by atoms with Gasteiger partial charge in [0.2, 0.25) is 0 Å². The van der Waals surface area contributed by atoms with Crippen molar-refractivity contribution in [3.63, 3.8) is 0 Å². The maximum Gasteiger partial charge on any atom is 0.0924 e. The van der Waals surface area contributed by atoms with Crippen molar-refractivity contribution in [2.24, 2.45) is 7.05 Å². The van der Waals surface area contributed by atoms with Crippen LogP contribution in [0, 0.1) is 0 Å². The Hall–Kier alpha value is -2.40. The first-order valence-electron chi connectivity index (χ1n) is 6.96. The average Bonchev–Trinajstić information content (AvgIpc) is 3.09. The molecule has 3 rings (SSSR count). The van der Waals surface area contributed by atoms with Crippen molar-refractivity contribution in [3.8, 4) is 11.3 Å². The summed E-state index contributed by atoms with van der Waals surface area (Å²) >= 11 is 0. The standard InChI is InChI=1S/C16H19N5/c1-20(10-13-9-17-21(2)11-13)12-15-8-16(19-18-15)14-6-4-3-5-7-14/h3-9,11H,10,12H2,1-2H3,(H,18,19). The fourth-order valence-electron chi connectivity index (χ4n) is 2.41. The van der Waals surface area contributed by atoms with E-state index in [0.717, 1.165) is 30.0 Å². The van der Waals surface area contributed by atoms with Crippen LogP contribution in [0.25, 0.3) is 11.3 Å². The van der Waals surface area contributed by atoms with Gasteiger partial charge in [0.05, 0.1) is 11.9 Å². The summed E-state index contributed by atoms with van der Waals surface area (Å²) in [5, 5.41) is 11.7. The lowest BCUT2D eigenvalue weighted by molar-refractivity contribution is 0.315. The lowest BCUT2D eigenvalue weighted by atomic mass is 10.1. The first-order valence-corrected chi connectivity index (χ1v) is 6.96. The summed E-state index contributed by atoms with van der Waals surface area (Å²) in [4.78, 5) is 2.24. The molecule has 0 bridgehead atoms. The normalized spacial score (nSPS) is 11.2. The lowest BCUT2D eigenvalue weighted by Gasteiger charge is -2.13. The zero-order chi connectivity index (χ0) is 14.7. The molecule has 1 aromatic carbocycles. The van der Waals surface area contributed by atoms with Gasteiger partial charge in [0.25, 0.3) is 0 Å². The molecule has 0 radical (unpaired) electrons. The second-order valence-corrected chi connectivity index (χ2v) is 5.34. The molecule has 0 amide bonds. The topological polar surface area (TPSA) is 49.7 Å². The Morgan fingerprint density at radius 3 is 2.71 bits per heavy atom. The number of nitrogens with zero attached hydrogens (tertiary/aromatic N) is 4. The first-order chi connectivity index (χ1) is 10.2. The van der Waals surface area contributed by atoms with Crippen molar-refractivity contribution in [2.45, 2.75) is 13.1 Å². The summed E-state index contributed by atoms with van der Waals surface area (Å²) in [6, 6.07) is 12.3. The van der Waals surface area contributed by atoms with Gasteiger partial charge in [0.1, 0.15) is 0 Å². The van der Waals surface area contributed by atoms with Gasteiger partial charge in [-0.25, -0.2) is 0 Å². The minimum absolute atomic E-state index is 0.828. The third-order valence-corrected chi connectivity index (χ3v) is 3.35. The monoisotopic (exact) mass is 281 g/mol. The van der Waals surface area contributed by atoms with Gasteiger partial charge < -0.3 is 0 Å². The van der Waals surface area contributed by atoms with Gasteiger partial charge in [-0.2, -0.15) is 10.2 Å². The highest BCUT2D eigenvalue weighted by Gasteiger charge is 2.07. The van der Waals surface area contributed by atoms with Crippen LogP contribution in [0.5, 0.6) is 0 Å². The minimum Gasteiger partial charge on any atom is -0.296 e. The van der Waals surface area contributed by atoms with Gasteiger partial charge in [-0.1, -0.05) is 30.3 Å². The Morgan fingerprint density at radius 2 is 2.00 bits per heavy atom. The van der Waals surface area contributed by atoms with Crippen LogP contribution in [0.1, 0.15) is 11.3 Å². The highest BCUT2D eigenvalue weighted by atomic mass is 15.2. The molecule has 0 aliphatic heterocycles. The van der Waals surface area contributed by atoms with E-state index in [1.807, 2.05) is 42.3 Å². The fraction of sp³-hybridized carbons (Fsp3) is 0.250. The van der Waals surface area contributed by atoms with E-state index in [9.17, 15) is 0 Å². The second-order valence-electron chi connectivity index (χ2n) is 5.34. The summed E-state index contributed by atoms with van der Waals surface area (Å²) in [6.07, 6.45) is 3.94. The molecule has 0 saturated carbocycles. The van der Waals surface area contributed by atoms with E-state index in [1.54, 1.807) is 0 Å². The van der Waals surface area contributed by atoms with Crippen LogP contribution in [-0.4, -0.2) is 31.9 Å². The zero-order valence-corrected chi connectivity index (χ0v) is 12.3. The number of rotatable bonds is 5. The number of hydrogen-bond acceptors (Lipinski definition) is 3. The SMILES string of the molecule is CN(Cc1cnn(C)c1)Cc1cc(-c2ccccc2)n[nH]1. The summed E-state index contributed by atoms with van der Waals surface area (Å²) in [5.74, 6) is 0. The quantitative estimate of drug-likeness (QED) is 0.781. The minimum atomic E-state index is 0.828. The fourth-order valence-corrected chi connectivity index (χ4v) is 2.41. The van der Waals surface area contributed by atoms with Gasteiger partial charge in [0, 0.05) is 43.2 Å². The Bertz CT molecular complexity index is 698. The Balaban J connectivity index is 1.64. The van der Waals surface area contributed by atoms with Crippen molar-refractivity contribution < 1.29 is 0 Å². The number of aromatic amines is 1. The van der Waals surface area contributed by atoms with Crippen LogP contribution in [0.4, 0.5) is 0 Å². The third kappa shape index (κ3) is 3.38. The molecule has 0 aliphatic rings. The molecule has 2 aromatic heterocycles. The molecule has 0 spiro atoms. The van der Waals surface area contributed by atoms with Gasteiger partial charge in [-0.3, -0.25) is 14.7 Å². The van der Waals surface area contributed by atoms with Crippen molar-refractivity contribution in [1.82, 2.24) is 24.9 Å². The molecule has 21 heavy (non-hydrogen) atoms. The van der Waals surface area contributed by atoms with Crippen molar-refractivity contribution in [1.29, 1.82) is 0 Å². The number of nitrogens with one attached hydrogen (secondary N) is 1. The molecule has 0 atom stereocenters. The smallest absolute Gasteiger partial charge is 0.0924 e. The maximum absolute atomic E-state index is 4.38. The molecule has 2 heterocycles. The van der Waals surface area contributed by atoms with Crippen LogP contribution >= 0.6 is 0 Å². The molecule has 0 aliphatic carbocycles. The van der Waals surface area contributed by atoms with Crippen LogP contribution in [0.2, 0.25) is 0 Å².